The van der Waals surface area contributed by atoms with Crippen molar-refractivity contribution in [1.29, 1.82) is 5.41 Å². The van der Waals surface area contributed by atoms with E-state index in [0.29, 0.717) is 35.6 Å². The van der Waals surface area contributed by atoms with Crippen LogP contribution in [0.3, 0.4) is 0 Å². The number of amidine groups is 1. The van der Waals surface area contributed by atoms with Crippen LogP contribution in [-0.4, -0.2) is 35.9 Å². The molecule has 1 amide bonds. The Kier molecular flexibility index (Phi) is 4.67. The number of pyridine rings is 1. The van der Waals surface area contributed by atoms with Crippen molar-refractivity contribution >= 4 is 28.5 Å². The molecule has 132 valence electrons. The van der Waals surface area contributed by atoms with Gasteiger partial charge in [-0.2, -0.15) is 0 Å². The number of hydrogen-bond donors (Lipinski definition) is 3. The molecule has 25 heavy (non-hydrogen) atoms. The summed E-state index contributed by atoms with van der Waals surface area (Å²) in [5.74, 6) is -0.0381. The van der Waals surface area contributed by atoms with Gasteiger partial charge in [-0.3, -0.25) is 10.2 Å². The summed E-state index contributed by atoms with van der Waals surface area (Å²) in [4.78, 5) is 18.1. The van der Waals surface area contributed by atoms with Gasteiger partial charge in [0.2, 0.25) is 5.91 Å². The van der Waals surface area contributed by atoms with Crippen molar-refractivity contribution in [2.24, 2.45) is 5.73 Å². The highest BCUT2D eigenvalue weighted by atomic mass is 19.1. The minimum absolute atomic E-state index is 0.00579. The zero-order valence-corrected chi connectivity index (χ0v) is 14.4. The molecule has 1 fully saturated rings. The summed E-state index contributed by atoms with van der Waals surface area (Å²) in [5.41, 5.74) is 7.56. The summed E-state index contributed by atoms with van der Waals surface area (Å²) >= 11 is 0. The Morgan fingerprint density at radius 2 is 2.08 bits per heavy atom. The third kappa shape index (κ3) is 3.46. The average molecular weight is 343 g/mol. The number of hydrogen-bond acceptors (Lipinski definition) is 5. The molecule has 4 N–H and O–H groups in total. The Morgan fingerprint density at radius 1 is 1.40 bits per heavy atom. The Morgan fingerprint density at radius 3 is 2.72 bits per heavy atom. The maximum absolute atomic E-state index is 13.9. The molecule has 0 radical (unpaired) electrons. The van der Waals surface area contributed by atoms with Crippen molar-refractivity contribution in [2.45, 2.75) is 32.7 Å². The quantitative estimate of drug-likeness (QED) is 0.575. The lowest BCUT2D eigenvalue weighted by Crippen LogP contribution is -2.41. The Balaban J connectivity index is 2.14. The van der Waals surface area contributed by atoms with E-state index in [1.54, 1.807) is 19.1 Å². The first-order valence-electron chi connectivity index (χ1n) is 8.33. The summed E-state index contributed by atoms with van der Waals surface area (Å²) < 4.78 is 13.9. The van der Waals surface area contributed by atoms with Crippen molar-refractivity contribution < 1.29 is 9.18 Å². The van der Waals surface area contributed by atoms with Crippen molar-refractivity contribution in [3.63, 3.8) is 0 Å². The predicted octanol–water partition coefficient (Wildman–Crippen LogP) is 2.07. The van der Waals surface area contributed by atoms with Gasteiger partial charge in [0.05, 0.1) is 11.1 Å². The average Bonchev–Trinajstić information content (AvgIpc) is 2.57. The SMILES string of the molecule is CC(=O)NC(=N)c1cc2ccc(F)c(C)c2nc1N1CCC(N)CC1. The van der Waals surface area contributed by atoms with Crippen LogP contribution in [0.1, 0.15) is 30.9 Å². The number of amides is 1. The normalized spacial score (nSPS) is 15.4. The highest BCUT2D eigenvalue weighted by Gasteiger charge is 2.23. The zero-order chi connectivity index (χ0) is 18.1. The van der Waals surface area contributed by atoms with Gasteiger partial charge in [-0.05, 0) is 38.0 Å². The third-order valence-electron chi connectivity index (χ3n) is 4.56. The molecule has 1 aromatic carbocycles. The molecule has 0 aliphatic carbocycles. The Bertz CT molecular complexity index is 843. The topological polar surface area (TPSA) is 95.1 Å². The first-order chi connectivity index (χ1) is 11.9. The van der Waals surface area contributed by atoms with Crippen molar-refractivity contribution in [2.75, 3.05) is 18.0 Å². The third-order valence-corrected chi connectivity index (χ3v) is 4.56. The first kappa shape index (κ1) is 17.3. The number of nitrogens with two attached hydrogens (primary N) is 1. The van der Waals surface area contributed by atoms with Crippen LogP contribution in [-0.2, 0) is 4.79 Å². The minimum atomic E-state index is -0.313. The molecule has 1 aliphatic heterocycles. The van der Waals surface area contributed by atoms with E-state index in [1.165, 1.54) is 13.0 Å². The molecular formula is C18H22FN5O. The molecule has 7 heteroatoms. The van der Waals surface area contributed by atoms with E-state index in [9.17, 15) is 9.18 Å². The summed E-state index contributed by atoms with van der Waals surface area (Å²) in [5, 5.41) is 11.5. The molecule has 1 aromatic heterocycles. The Labute approximate surface area is 145 Å². The number of carbonyl (C=O) groups is 1. The van der Waals surface area contributed by atoms with Crippen LogP contribution < -0.4 is 16.0 Å². The summed E-state index contributed by atoms with van der Waals surface area (Å²) in [6, 6.07) is 4.99. The lowest BCUT2D eigenvalue weighted by atomic mass is 10.0. The minimum Gasteiger partial charge on any atom is -0.356 e. The number of anilines is 1. The van der Waals surface area contributed by atoms with Gasteiger partial charge in [-0.25, -0.2) is 9.37 Å². The smallest absolute Gasteiger partial charge is 0.222 e. The molecule has 1 saturated heterocycles. The van der Waals surface area contributed by atoms with E-state index in [4.69, 9.17) is 11.1 Å². The van der Waals surface area contributed by atoms with E-state index in [2.05, 4.69) is 15.2 Å². The molecule has 0 saturated carbocycles. The number of benzene rings is 1. The van der Waals surface area contributed by atoms with Crippen LogP contribution in [0.2, 0.25) is 0 Å². The van der Waals surface area contributed by atoms with Crippen LogP contribution >= 0.6 is 0 Å². The fourth-order valence-corrected chi connectivity index (χ4v) is 3.13. The van der Waals surface area contributed by atoms with Gasteiger partial charge in [-0.1, -0.05) is 0 Å². The van der Waals surface area contributed by atoms with Crippen LogP contribution in [0, 0.1) is 18.2 Å². The van der Waals surface area contributed by atoms with Gasteiger partial charge in [0.15, 0.2) is 0 Å². The highest BCUT2D eigenvalue weighted by Crippen LogP contribution is 2.28. The van der Waals surface area contributed by atoms with Crippen LogP contribution in [0.5, 0.6) is 0 Å². The summed E-state index contributed by atoms with van der Waals surface area (Å²) in [6.45, 7) is 4.49. The second kappa shape index (κ2) is 6.76. The number of nitrogens with one attached hydrogen (secondary N) is 2. The fourth-order valence-electron chi connectivity index (χ4n) is 3.13. The van der Waals surface area contributed by atoms with Gasteiger partial charge < -0.3 is 16.0 Å². The number of aromatic nitrogens is 1. The lowest BCUT2D eigenvalue weighted by molar-refractivity contribution is -0.117. The molecular weight excluding hydrogens is 321 g/mol. The van der Waals surface area contributed by atoms with E-state index in [1.807, 2.05) is 0 Å². The fraction of sp³-hybridized carbons (Fsp3) is 0.389. The summed E-state index contributed by atoms with van der Waals surface area (Å²) in [7, 11) is 0. The number of carbonyl (C=O) groups excluding carboxylic acids is 1. The largest absolute Gasteiger partial charge is 0.356 e. The van der Waals surface area contributed by atoms with Crippen molar-refractivity contribution in [1.82, 2.24) is 10.3 Å². The predicted molar refractivity (Wildman–Crippen MR) is 96.5 cm³/mol. The van der Waals surface area contributed by atoms with Crippen LogP contribution in [0.15, 0.2) is 18.2 Å². The molecule has 0 bridgehead atoms. The van der Waals surface area contributed by atoms with Gasteiger partial charge in [-0.15, -0.1) is 0 Å². The maximum Gasteiger partial charge on any atom is 0.222 e. The van der Waals surface area contributed by atoms with Gasteiger partial charge in [0.25, 0.3) is 0 Å². The van der Waals surface area contributed by atoms with Gasteiger partial charge in [0.1, 0.15) is 17.5 Å². The molecule has 1 aliphatic rings. The number of rotatable bonds is 2. The van der Waals surface area contributed by atoms with E-state index in [0.717, 1.165) is 18.2 Å². The maximum atomic E-state index is 13.9. The number of halogens is 1. The monoisotopic (exact) mass is 343 g/mol. The second-order valence-electron chi connectivity index (χ2n) is 6.48. The zero-order valence-electron chi connectivity index (χ0n) is 14.4. The lowest BCUT2D eigenvalue weighted by Gasteiger charge is -2.32. The number of fused-ring (bicyclic) bond motifs is 1. The van der Waals surface area contributed by atoms with Crippen molar-refractivity contribution in [3.05, 3.63) is 35.1 Å². The molecule has 6 nitrogen and oxygen atoms in total. The number of piperidine rings is 1. The van der Waals surface area contributed by atoms with E-state index < -0.39 is 0 Å². The molecule has 0 unspecified atom stereocenters. The molecule has 0 spiro atoms. The number of aryl methyl sites for hydroxylation is 1. The highest BCUT2D eigenvalue weighted by molar-refractivity contribution is 6.10. The van der Waals surface area contributed by atoms with E-state index >= 15 is 0 Å². The molecule has 3 rings (SSSR count). The molecule has 0 atom stereocenters. The van der Waals surface area contributed by atoms with Gasteiger partial charge >= 0.3 is 0 Å². The van der Waals surface area contributed by atoms with Crippen molar-refractivity contribution in [3.8, 4) is 0 Å². The number of nitrogens with zero attached hydrogens (tertiary/aromatic N) is 2. The second-order valence-corrected chi connectivity index (χ2v) is 6.48. The van der Waals surface area contributed by atoms with Crippen LogP contribution in [0.25, 0.3) is 10.9 Å². The summed E-state index contributed by atoms with van der Waals surface area (Å²) in [6.07, 6.45) is 1.66. The molecule has 2 aromatic rings. The first-order valence-corrected chi connectivity index (χ1v) is 8.33. The Hall–Kier alpha value is -2.54. The van der Waals surface area contributed by atoms with E-state index in [-0.39, 0.29) is 23.6 Å². The standard InChI is InChI=1S/C18H22FN5O/c1-10-15(19)4-3-12-9-14(17(21)22-11(2)25)18(23-16(10)12)24-7-5-13(20)6-8-24/h3-4,9,13H,5-8,20H2,1-2H3,(H2,21,22,25). The van der Waals surface area contributed by atoms with Gasteiger partial charge in [0, 0.05) is 37.0 Å². The molecule has 2 heterocycles. The van der Waals surface area contributed by atoms with Crippen LogP contribution in [0.4, 0.5) is 10.2 Å².